The Hall–Kier alpha value is -3.14. The van der Waals surface area contributed by atoms with Gasteiger partial charge in [-0.2, -0.15) is 8.75 Å². The average Bonchev–Trinajstić information content (AvgIpc) is 3.39. The van der Waals surface area contributed by atoms with Crippen LogP contribution in [-0.2, 0) is 11.3 Å². The minimum absolute atomic E-state index is 0.161. The number of fused-ring (bicyclic) bond motifs is 2. The maximum absolute atomic E-state index is 13.1. The first kappa shape index (κ1) is 18.9. The topological polar surface area (TPSA) is 89.8 Å². The van der Waals surface area contributed by atoms with Gasteiger partial charge in [0.05, 0.1) is 29.1 Å². The molecule has 0 aliphatic rings. The number of hydrogen-bond donors (Lipinski definition) is 1. The van der Waals surface area contributed by atoms with Gasteiger partial charge >= 0.3 is 0 Å². The molecule has 0 bridgehead atoms. The van der Waals surface area contributed by atoms with Crippen LogP contribution in [0.3, 0.4) is 0 Å². The number of hydrogen-bond acceptors (Lipinski definition) is 7. The van der Waals surface area contributed by atoms with Gasteiger partial charge in [0.25, 0.3) is 5.56 Å². The third kappa shape index (κ3) is 3.36. The Morgan fingerprint density at radius 1 is 1.13 bits per heavy atom. The Balaban J connectivity index is 1.47. The van der Waals surface area contributed by atoms with Crippen molar-refractivity contribution in [1.82, 2.24) is 18.3 Å². The molecule has 0 saturated carbocycles. The standard InChI is InChI=1S/C20H12ClN5O2S2/c21-12-6-4-11(5-7-12)13-9-29-19-17(13)20(28)26(10-22-19)8-16(27)23-14-2-1-3-15-18(14)25-30-24-15/h1-7,9-10H,8H2,(H,23,27). The second kappa shape index (κ2) is 7.60. The van der Waals surface area contributed by atoms with Crippen LogP contribution in [0.1, 0.15) is 0 Å². The molecule has 0 radical (unpaired) electrons. The number of halogens is 1. The molecule has 3 heterocycles. The molecule has 1 N–H and O–H groups in total. The van der Waals surface area contributed by atoms with Gasteiger partial charge in [-0.15, -0.1) is 11.3 Å². The number of nitrogens with one attached hydrogen (secondary N) is 1. The predicted molar refractivity (Wildman–Crippen MR) is 120 cm³/mol. The molecule has 2 aromatic carbocycles. The van der Waals surface area contributed by atoms with Gasteiger partial charge in [-0.3, -0.25) is 14.2 Å². The zero-order chi connectivity index (χ0) is 20.7. The van der Waals surface area contributed by atoms with Crippen LogP contribution in [0.15, 0.2) is 59.0 Å². The second-order valence-electron chi connectivity index (χ2n) is 6.50. The summed E-state index contributed by atoms with van der Waals surface area (Å²) in [5.41, 5.74) is 3.27. The van der Waals surface area contributed by atoms with Crippen LogP contribution < -0.4 is 10.9 Å². The molecule has 0 unspecified atom stereocenters. The number of rotatable bonds is 4. The van der Waals surface area contributed by atoms with Crippen LogP contribution in [0.25, 0.3) is 32.4 Å². The molecule has 7 nitrogen and oxygen atoms in total. The van der Waals surface area contributed by atoms with E-state index in [2.05, 4.69) is 19.0 Å². The molecule has 5 aromatic rings. The lowest BCUT2D eigenvalue weighted by atomic mass is 10.1. The highest BCUT2D eigenvalue weighted by Gasteiger charge is 2.15. The van der Waals surface area contributed by atoms with Crippen molar-refractivity contribution in [3.05, 3.63) is 69.5 Å². The molecule has 0 saturated heterocycles. The van der Waals surface area contributed by atoms with Gasteiger partial charge in [-0.05, 0) is 29.8 Å². The van der Waals surface area contributed by atoms with E-state index in [0.717, 1.165) is 22.9 Å². The Bertz CT molecular complexity index is 1460. The Morgan fingerprint density at radius 2 is 1.97 bits per heavy atom. The molecule has 5 rings (SSSR count). The van der Waals surface area contributed by atoms with E-state index in [9.17, 15) is 9.59 Å². The van der Waals surface area contributed by atoms with E-state index in [1.165, 1.54) is 22.2 Å². The smallest absolute Gasteiger partial charge is 0.263 e. The molecule has 1 amide bonds. The second-order valence-corrected chi connectivity index (χ2v) is 8.32. The molecule has 148 valence electrons. The predicted octanol–water partition coefficient (Wildman–Crippen LogP) is 4.42. The number of thiophene rings is 1. The lowest BCUT2D eigenvalue weighted by molar-refractivity contribution is -0.116. The zero-order valence-corrected chi connectivity index (χ0v) is 17.6. The van der Waals surface area contributed by atoms with Crippen LogP contribution in [0.5, 0.6) is 0 Å². The van der Waals surface area contributed by atoms with Gasteiger partial charge in [-0.1, -0.05) is 29.8 Å². The van der Waals surface area contributed by atoms with Crippen molar-refractivity contribution in [2.24, 2.45) is 0 Å². The van der Waals surface area contributed by atoms with Gasteiger partial charge in [0, 0.05) is 16.0 Å². The van der Waals surface area contributed by atoms with Crippen molar-refractivity contribution < 1.29 is 4.79 Å². The van der Waals surface area contributed by atoms with Gasteiger partial charge < -0.3 is 5.32 Å². The molecular formula is C20H12ClN5O2S2. The van der Waals surface area contributed by atoms with Gasteiger partial charge in [0.15, 0.2) is 0 Å². The third-order valence-corrected chi connectivity index (χ3v) is 6.27. The van der Waals surface area contributed by atoms with Crippen LogP contribution >= 0.6 is 34.7 Å². The first-order valence-corrected chi connectivity index (χ1v) is 10.8. The van der Waals surface area contributed by atoms with Crippen molar-refractivity contribution in [1.29, 1.82) is 0 Å². The minimum atomic E-state index is -0.345. The van der Waals surface area contributed by atoms with Gasteiger partial charge in [0.1, 0.15) is 22.4 Å². The number of benzene rings is 2. The SMILES string of the molecule is O=C(Cn1cnc2scc(-c3ccc(Cl)cc3)c2c1=O)Nc1cccc2nsnc12. The van der Waals surface area contributed by atoms with Crippen molar-refractivity contribution in [3.8, 4) is 11.1 Å². The summed E-state index contributed by atoms with van der Waals surface area (Å²) in [6.07, 6.45) is 1.40. The number of carbonyl (C=O) groups is 1. The molecule has 0 aliphatic heterocycles. The monoisotopic (exact) mass is 453 g/mol. The Morgan fingerprint density at radius 3 is 2.80 bits per heavy atom. The van der Waals surface area contributed by atoms with E-state index >= 15 is 0 Å². The van der Waals surface area contributed by atoms with Gasteiger partial charge in [-0.25, -0.2) is 4.98 Å². The summed E-state index contributed by atoms with van der Waals surface area (Å²) in [7, 11) is 0. The van der Waals surface area contributed by atoms with Crippen LogP contribution in [0.2, 0.25) is 5.02 Å². The summed E-state index contributed by atoms with van der Waals surface area (Å²) in [6.45, 7) is -0.161. The Labute approximate surface area is 182 Å². The molecule has 10 heteroatoms. The molecule has 0 atom stereocenters. The van der Waals surface area contributed by atoms with Gasteiger partial charge in [0.2, 0.25) is 5.91 Å². The minimum Gasteiger partial charge on any atom is -0.323 e. The summed E-state index contributed by atoms with van der Waals surface area (Å²) in [5.74, 6) is -0.345. The molecule has 0 fully saturated rings. The third-order valence-electron chi connectivity index (χ3n) is 4.59. The highest BCUT2D eigenvalue weighted by Crippen LogP contribution is 2.31. The number of anilines is 1. The van der Waals surface area contributed by atoms with E-state index in [4.69, 9.17) is 11.6 Å². The maximum Gasteiger partial charge on any atom is 0.263 e. The van der Waals surface area contributed by atoms with Crippen LogP contribution in [-0.4, -0.2) is 24.2 Å². The Kier molecular flexibility index (Phi) is 4.78. The van der Waals surface area contributed by atoms with Crippen molar-refractivity contribution in [2.75, 3.05) is 5.32 Å². The number of amides is 1. The summed E-state index contributed by atoms with van der Waals surface area (Å²) in [6, 6.07) is 12.6. The molecule has 3 aromatic heterocycles. The summed E-state index contributed by atoms with van der Waals surface area (Å²) in [5, 5.41) is 5.81. The van der Waals surface area contributed by atoms with E-state index < -0.39 is 0 Å². The summed E-state index contributed by atoms with van der Waals surface area (Å²) >= 11 is 8.44. The van der Waals surface area contributed by atoms with E-state index in [-0.39, 0.29) is 18.0 Å². The van der Waals surface area contributed by atoms with Crippen LogP contribution in [0.4, 0.5) is 5.69 Å². The fourth-order valence-corrected chi connectivity index (χ4v) is 4.76. The van der Waals surface area contributed by atoms with Crippen LogP contribution in [0, 0.1) is 0 Å². The van der Waals surface area contributed by atoms with Crippen molar-refractivity contribution in [3.63, 3.8) is 0 Å². The summed E-state index contributed by atoms with van der Waals surface area (Å²) < 4.78 is 9.68. The summed E-state index contributed by atoms with van der Waals surface area (Å²) in [4.78, 5) is 30.7. The largest absolute Gasteiger partial charge is 0.323 e. The molecule has 0 spiro atoms. The van der Waals surface area contributed by atoms with E-state index in [1.54, 1.807) is 24.3 Å². The number of nitrogens with zero attached hydrogens (tertiary/aromatic N) is 4. The lowest BCUT2D eigenvalue weighted by Crippen LogP contribution is -2.27. The molecule has 30 heavy (non-hydrogen) atoms. The maximum atomic E-state index is 13.1. The van der Waals surface area contributed by atoms with E-state index in [0.29, 0.717) is 32.0 Å². The van der Waals surface area contributed by atoms with Crippen molar-refractivity contribution in [2.45, 2.75) is 6.54 Å². The molecular weight excluding hydrogens is 442 g/mol. The number of carbonyl (C=O) groups excluding carboxylic acids is 1. The first-order valence-electron chi connectivity index (χ1n) is 8.84. The number of aromatic nitrogens is 4. The first-order chi connectivity index (χ1) is 14.6. The average molecular weight is 454 g/mol. The van der Waals surface area contributed by atoms with E-state index in [1.807, 2.05) is 23.6 Å². The lowest BCUT2D eigenvalue weighted by Gasteiger charge is -2.08. The fraction of sp³-hybridized carbons (Fsp3) is 0.0500. The zero-order valence-electron chi connectivity index (χ0n) is 15.2. The fourth-order valence-electron chi connectivity index (χ4n) is 3.17. The highest BCUT2D eigenvalue weighted by atomic mass is 35.5. The highest BCUT2D eigenvalue weighted by molar-refractivity contribution is 7.17. The quantitative estimate of drug-likeness (QED) is 0.435. The normalized spacial score (nSPS) is 11.2. The molecule has 0 aliphatic carbocycles. The van der Waals surface area contributed by atoms with Crippen molar-refractivity contribution >= 4 is 67.5 Å².